The van der Waals surface area contributed by atoms with Gasteiger partial charge in [0.1, 0.15) is 0 Å². The van der Waals surface area contributed by atoms with Crippen LogP contribution in [0.5, 0.6) is 0 Å². The predicted octanol–water partition coefficient (Wildman–Crippen LogP) is 12.8. The van der Waals surface area contributed by atoms with E-state index in [-0.39, 0.29) is 0 Å². The minimum Gasteiger partial charge on any atom is -0.381 e. The summed E-state index contributed by atoms with van der Waals surface area (Å²) in [4.78, 5) is 0. The number of ether oxygens (including phenoxy) is 1. The molecule has 2 aliphatic rings. The lowest BCUT2D eigenvalue weighted by molar-refractivity contribution is 0.143. The number of hydrogen-bond donors (Lipinski definition) is 0. The largest absolute Gasteiger partial charge is 0.381 e. The second kappa shape index (κ2) is 18.2. The van der Waals surface area contributed by atoms with Crippen molar-refractivity contribution in [2.45, 2.75) is 121 Å². The van der Waals surface area contributed by atoms with E-state index in [1.165, 1.54) is 72.0 Å². The molecule has 0 unspecified atom stereocenters. The van der Waals surface area contributed by atoms with Gasteiger partial charge in [-0.05, 0) is 115 Å². The predicted molar refractivity (Wildman–Crippen MR) is 192 cm³/mol. The molecule has 43 heavy (non-hydrogen) atoms. The monoisotopic (exact) mass is 582 g/mol. The van der Waals surface area contributed by atoms with Gasteiger partial charge in [0.15, 0.2) is 0 Å². The van der Waals surface area contributed by atoms with Gasteiger partial charge >= 0.3 is 0 Å². The van der Waals surface area contributed by atoms with Crippen LogP contribution in [0, 0.1) is 10.8 Å². The molecule has 2 aliphatic carbocycles. The summed E-state index contributed by atoms with van der Waals surface area (Å²) < 4.78 is 5.86. The third-order valence-electron chi connectivity index (χ3n) is 9.00. The highest BCUT2D eigenvalue weighted by Crippen LogP contribution is 2.41. The lowest BCUT2D eigenvalue weighted by Gasteiger charge is -2.33. The Hall–Kier alpha value is -2.64. The van der Waals surface area contributed by atoms with Gasteiger partial charge < -0.3 is 4.74 Å². The minimum atomic E-state index is 0.292. The quantitative estimate of drug-likeness (QED) is 0.146. The van der Waals surface area contributed by atoms with Crippen LogP contribution in [0.3, 0.4) is 0 Å². The number of hydrogen-bond acceptors (Lipinski definition) is 1. The normalized spacial score (nSPS) is 21.1. The third kappa shape index (κ3) is 13.7. The fourth-order valence-corrected chi connectivity index (χ4v) is 6.24. The van der Waals surface area contributed by atoms with E-state index in [1.54, 1.807) is 11.1 Å². The molecular formula is C42H62O. The first-order valence-corrected chi connectivity index (χ1v) is 16.7. The maximum Gasteiger partial charge on any atom is 0.0500 e. The van der Waals surface area contributed by atoms with Crippen molar-refractivity contribution in [1.29, 1.82) is 0 Å². The zero-order valence-corrected chi connectivity index (χ0v) is 29.4. The minimum absolute atomic E-state index is 0.292. The maximum atomic E-state index is 5.86. The standard InChI is InChI=1S/C42H62O/c1-33(17-11-19-35(3)25-27-39-37(5)23-13-29-41(39,7)8)21-15-31-43-32-16-22-34(2)18-12-20-36(4)26-28-40-38(6)24-14-30-42(40,9)10/h11-12,17-22,25-28H,13-16,23-24,29-32H2,1-10H3. The van der Waals surface area contributed by atoms with Gasteiger partial charge in [0, 0.05) is 0 Å². The smallest absolute Gasteiger partial charge is 0.0500 e. The van der Waals surface area contributed by atoms with Crippen molar-refractivity contribution in [1.82, 2.24) is 0 Å². The van der Waals surface area contributed by atoms with Crippen molar-refractivity contribution in [2.75, 3.05) is 13.2 Å². The van der Waals surface area contributed by atoms with Gasteiger partial charge in [-0.3, -0.25) is 0 Å². The van der Waals surface area contributed by atoms with E-state index >= 15 is 0 Å². The second-order valence-electron chi connectivity index (χ2n) is 14.2. The van der Waals surface area contributed by atoms with Crippen LogP contribution >= 0.6 is 0 Å². The molecule has 0 radical (unpaired) electrons. The van der Waals surface area contributed by atoms with E-state index < -0.39 is 0 Å². The second-order valence-corrected chi connectivity index (χ2v) is 14.2. The zero-order valence-electron chi connectivity index (χ0n) is 29.4. The van der Waals surface area contributed by atoms with Gasteiger partial charge in [0.05, 0.1) is 13.2 Å². The van der Waals surface area contributed by atoms with Crippen LogP contribution in [0.1, 0.15) is 121 Å². The Balaban J connectivity index is 1.69. The van der Waals surface area contributed by atoms with Crippen molar-refractivity contribution < 1.29 is 4.74 Å². The zero-order chi connectivity index (χ0) is 31.9. The molecule has 0 aliphatic heterocycles. The molecule has 0 spiro atoms. The van der Waals surface area contributed by atoms with Gasteiger partial charge in [-0.1, -0.05) is 134 Å². The van der Waals surface area contributed by atoms with E-state index in [0.717, 1.165) is 26.1 Å². The summed E-state index contributed by atoms with van der Waals surface area (Å²) in [5.41, 5.74) is 11.8. The molecule has 0 saturated heterocycles. The Kier molecular flexibility index (Phi) is 15.5. The molecule has 236 valence electrons. The lowest BCUT2D eigenvalue weighted by Crippen LogP contribution is -2.19. The van der Waals surface area contributed by atoms with Crippen molar-refractivity contribution in [3.8, 4) is 0 Å². The summed E-state index contributed by atoms with van der Waals surface area (Å²) in [6.07, 6.45) is 36.4. The topological polar surface area (TPSA) is 9.23 Å². The molecule has 1 nitrogen and oxygen atoms in total. The summed E-state index contributed by atoms with van der Waals surface area (Å²) in [6, 6.07) is 0. The molecule has 0 N–H and O–H groups in total. The summed E-state index contributed by atoms with van der Waals surface area (Å²) in [6.45, 7) is 24.3. The molecule has 0 aromatic heterocycles. The van der Waals surface area contributed by atoms with Crippen LogP contribution in [0.4, 0.5) is 0 Å². The van der Waals surface area contributed by atoms with Crippen LogP contribution in [-0.2, 0) is 4.74 Å². The Morgan fingerprint density at radius 1 is 0.605 bits per heavy atom. The number of rotatable bonds is 14. The third-order valence-corrected chi connectivity index (χ3v) is 9.00. The first kappa shape index (κ1) is 36.6. The Morgan fingerprint density at radius 2 is 1.00 bits per heavy atom. The van der Waals surface area contributed by atoms with Gasteiger partial charge in [-0.15, -0.1) is 0 Å². The highest BCUT2D eigenvalue weighted by molar-refractivity contribution is 5.38. The SMILES string of the molecule is CC(C=CC1=C(C)CCCC1(C)C)=CC=CC(C)=CCCOCCC=C(C)C=CC=C(C)C=CC1=C(C)CCCC1(C)C. The summed E-state index contributed by atoms with van der Waals surface area (Å²) in [7, 11) is 0. The van der Waals surface area contributed by atoms with Crippen LogP contribution in [0.2, 0.25) is 0 Å². The lowest BCUT2D eigenvalue weighted by atomic mass is 9.72. The summed E-state index contributed by atoms with van der Waals surface area (Å²) >= 11 is 0. The van der Waals surface area contributed by atoms with Gasteiger partial charge in [0.2, 0.25) is 0 Å². The molecule has 0 aromatic carbocycles. The Labute approximate surface area is 266 Å². The summed E-state index contributed by atoms with van der Waals surface area (Å²) in [5.74, 6) is 0. The van der Waals surface area contributed by atoms with E-state index in [2.05, 4.69) is 142 Å². The molecule has 1 heteroatoms. The van der Waals surface area contributed by atoms with Gasteiger partial charge in [-0.2, -0.15) is 0 Å². The van der Waals surface area contributed by atoms with Crippen molar-refractivity contribution in [2.24, 2.45) is 10.8 Å². The molecule has 2 rings (SSSR count). The summed E-state index contributed by atoms with van der Waals surface area (Å²) in [5, 5.41) is 0. The van der Waals surface area contributed by atoms with Crippen molar-refractivity contribution >= 4 is 0 Å². The van der Waals surface area contributed by atoms with E-state index in [1.807, 2.05) is 0 Å². The maximum absolute atomic E-state index is 5.86. The van der Waals surface area contributed by atoms with Gasteiger partial charge in [-0.25, -0.2) is 0 Å². The Morgan fingerprint density at radius 3 is 1.37 bits per heavy atom. The molecule has 0 atom stereocenters. The average Bonchev–Trinajstić information content (AvgIpc) is 2.91. The highest BCUT2D eigenvalue weighted by atomic mass is 16.5. The first-order chi connectivity index (χ1) is 20.3. The molecule has 0 aromatic rings. The van der Waals surface area contributed by atoms with Crippen LogP contribution in [-0.4, -0.2) is 13.2 Å². The average molecular weight is 583 g/mol. The highest BCUT2D eigenvalue weighted by Gasteiger charge is 2.27. The first-order valence-electron chi connectivity index (χ1n) is 16.7. The molecule has 0 saturated carbocycles. The number of allylic oxidation sites excluding steroid dienone is 18. The molecular weight excluding hydrogens is 520 g/mol. The molecule has 0 bridgehead atoms. The van der Waals surface area contributed by atoms with Crippen LogP contribution in [0.15, 0.2) is 117 Å². The van der Waals surface area contributed by atoms with E-state index in [9.17, 15) is 0 Å². The molecule has 0 heterocycles. The van der Waals surface area contributed by atoms with E-state index in [0.29, 0.717) is 10.8 Å². The fraction of sp³-hybridized carbons (Fsp3) is 0.524. The fourth-order valence-electron chi connectivity index (χ4n) is 6.24. The molecule has 0 fully saturated rings. The van der Waals surface area contributed by atoms with Crippen molar-refractivity contribution in [3.63, 3.8) is 0 Å². The Bertz CT molecular complexity index is 1130. The van der Waals surface area contributed by atoms with Crippen LogP contribution < -0.4 is 0 Å². The van der Waals surface area contributed by atoms with E-state index in [4.69, 9.17) is 4.74 Å². The molecule has 0 amide bonds. The van der Waals surface area contributed by atoms with Gasteiger partial charge in [0.25, 0.3) is 0 Å². The van der Waals surface area contributed by atoms with Crippen molar-refractivity contribution in [3.05, 3.63) is 117 Å². The van der Waals surface area contributed by atoms with Crippen LogP contribution in [0.25, 0.3) is 0 Å².